The van der Waals surface area contributed by atoms with Crippen molar-refractivity contribution in [1.29, 1.82) is 0 Å². The van der Waals surface area contributed by atoms with Crippen molar-refractivity contribution in [3.05, 3.63) is 77.4 Å². The van der Waals surface area contributed by atoms with Crippen LogP contribution in [-0.4, -0.2) is 39.5 Å². The summed E-state index contributed by atoms with van der Waals surface area (Å²) in [6, 6.07) is 14.2. The third kappa shape index (κ3) is 3.47. The molecule has 2 aromatic carbocycles. The summed E-state index contributed by atoms with van der Waals surface area (Å²) in [6.07, 6.45) is 3.36. The Morgan fingerprint density at radius 1 is 1.21 bits per heavy atom. The van der Waals surface area contributed by atoms with Crippen LogP contribution in [0.25, 0.3) is 0 Å². The van der Waals surface area contributed by atoms with Crippen molar-refractivity contribution >= 4 is 5.91 Å². The van der Waals surface area contributed by atoms with Crippen LogP contribution in [0.3, 0.4) is 0 Å². The van der Waals surface area contributed by atoms with Crippen LogP contribution in [0.5, 0.6) is 5.75 Å². The number of hydrogen-bond acceptors (Lipinski definition) is 4. The normalized spacial score (nSPS) is 16.4. The molecule has 0 radical (unpaired) electrons. The van der Waals surface area contributed by atoms with Crippen molar-refractivity contribution in [2.45, 2.75) is 25.4 Å². The number of benzene rings is 2. The highest BCUT2D eigenvalue weighted by Crippen LogP contribution is 2.37. The summed E-state index contributed by atoms with van der Waals surface area (Å²) < 4.78 is 20.8. The lowest BCUT2D eigenvalue weighted by molar-refractivity contribution is 0.0728. The Morgan fingerprint density at radius 2 is 2.00 bits per heavy atom. The standard InChI is InChI=1S/C21H21FN4O2/c1-28-20-11-5-3-8-16(20)19-10-6-12-26(19)21(27)18-14-25(24-23-18)13-15-7-2-4-9-17(15)22/h2-5,7-9,11,14,19H,6,10,12-13H2,1H3/t19-/m0/s1. The topological polar surface area (TPSA) is 60.2 Å². The van der Waals surface area contributed by atoms with Gasteiger partial charge in [-0.05, 0) is 25.0 Å². The van der Waals surface area contributed by atoms with Crippen molar-refractivity contribution in [2.75, 3.05) is 13.7 Å². The minimum atomic E-state index is -0.304. The van der Waals surface area contributed by atoms with Gasteiger partial charge in [0.1, 0.15) is 11.6 Å². The van der Waals surface area contributed by atoms with Crippen LogP contribution >= 0.6 is 0 Å². The maximum absolute atomic E-state index is 13.8. The van der Waals surface area contributed by atoms with Crippen LogP contribution in [0.15, 0.2) is 54.7 Å². The van der Waals surface area contributed by atoms with E-state index in [1.54, 1.807) is 31.5 Å². The maximum Gasteiger partial charge on any atom is 0.276 e. The van der Waals surface area contributed by atoms with Crippen LogP contribution in [0, 0.1) is 5.82 Å². The Hall–Kier alpha value is -3.22. The molecule has 0 spiro atoms. The summed E-state index contributed by atoms with van der Waals surface area (Å²) in [4.78, 5) is 14.9. The number of rotatable bonds is 5. The molecular weight excluding hydrogens is 359 g/mol. The molecule has 1 aliphatic heterocycles. The van der Waals surface area contributed by atoms with Gasteiger partial charge in [-0.2, -0.15) is 0 Å². The lowest BCUT2D eigenvalue weighted by atomic mass is 10.0. The van der Waals surface area contributed by atoms with E-state index in [2.05, 4.69) is 10.3 Å². The Bertz CT molecular complexity index is 988. The minimum Gasteiger partial charge on any atom is -0.496 e. The average molecular weight is 380 g/mol. The second-order valence-electron chi connectivity index (χ2n) is 6.79. The molecule has 0 bridgehead atoms. The lowest BCUT2D eigenvalue weighted by Gasteiger charge is -2.25. The number of para-hydroxylation sites is 1. The molecule has 1 aliphatic rings. The minimum absolute atomic E-state index is 0.0552. The van der Waals surface area contributed by atoms with Crippen molar-refractivity contribution < 1.29 is 13.9 Å². The van der Waals surface area contributed by atoms with Crippen LogP contribution in [-0.2, 0) is 6.54 Å². The van der Waals surface area contributed by atoms with E-state index in [0.717, 1.165) is 24.2 Å². The first kappa shape index (κ1) is 18.2. The number of amides is 1. The molecule has 28 heavy (non-hydrogen) atoms. The third-order valence-corrected chi connectivity index (χ3v) is 5.06. The van der Waals surface area contributed by atoms with E-state index in [-0.39, 0.29) is 30.0 Å². The number of aromatic nitrogens is 3. The van der Waals surface area contributed by atoms with E-state index in [9.17, 15) is 9.18 Å². The zero-order valence-corrected chi connectivity index (χ0v) is 15.6. The Morgan fingerprint density at radius 3 is 2.82 bits per heavy atom. The molecule has 0 N–H and O–H groups in total. The van der Waals surface area contributed by atoms with Gasteiger partial charge in [0.25, 0.3) is 5.91 Å². The van der Waals surface area contributed by atoms with Crippen LogP contribution in [0.1, 0.15) is 40.5 Å². The molecule has 1 saturated heterocycles. The first-order valence-electron chi connectivity index (χ1n) is 9.25. The van der Waals surface area contributed by atoms with Crippen LogP contribution in [0.2, 0.25) is 0 Å². The predicted molar refractivity (Wildman–Crippen MR) is 102 cm³/mol. The third-order valence-electron chi connectivity index (χ3n) is 5.06. The number of carbonyl (C=O) groups is 1. The molecule has 7 heteroatoms. The van der Waals surface area contributed by atoms with Gasteiger partial charge in [-0.3, -0.25) is 4.79 Å². The number of ether oxygens (including phenoxy) is 1. The zero-order valence-electron chi connectivity index (χ0n) is 15.6. The number of nitrogens with zero attached hydrogens (tertiary/aromatic N) is 4. The predicted octanol–water partition coefficient (Wildman–Crippen LogP) is 3.45. The van der Waals surface area contributed by atoms with Gasteiger partial charge in [-0.15, -0.1) is 5.10 Å². The molecule has 6 nitrogen and oxygen atoms in total. The molecule has 0 unspecified atom stereocenters. The molecule has 2 heterocycles. The van der Waals surface area contributed by atoms with Crippen molar-refractivity contribution in [3.8, 4) is 5.75 Å². The van der Waals surface area contributed by atoms with E-state index < -0.39 is 0 Å². The fourth-order valence-electron chi connectivity index (χ4n) is 3.70. The average Bonchev–Trinajstić information content (AvgIpc) is 3.39. The van der Waals surface area contributed by atoms with Crippen LogP contribution in [0.4, 0.5) is 4.39 Å². The summed E-state index contributed by atoms with van der Waals surface area (Å²) >= 11 is 0. The summed E-state index contributed by atoms with van der Waals surface area (Å²) in [6.45, 7) is 0.880. The van der Waals surface area contributed by atoms with Gasteiger partial charge in [0.2, 0.25) is 0 Å². The maximum atomic E-state index is 13.8. The van der Waals surface area contributed by atoms with Crippen LogP contribution < -0.4 is 4.74 Å². The van der Waals surface area contributed by atoms with Gasteiger partial charge >= 0.3 is 0 Å². The summed E-state index contributed by atoms with van der Waals surface area (Å²) in [5, 5.41) is 8.03. The van der Waals surface area contributed by atoms with Crippen molar-refractivity contribution in [2.24, 2.45) is 0 Å². The molecule has 0 saturated carbocycles. The zero-order chi connectivity index (χ0) is 19.5. The summed E-state index contributed by atoms with van der Waals surface area (Å²) in [5.74, 6) is 0.297. The number of likely N-dealkylation sites (tertiary alicyclic amines) is 1. The molecule has 3 aromatic rings. The van der Waals surface area contributed by atoms with E-state index in [4.69, 9.17) is 4.74 Å². The van der Waals surface area contributed by atoms with Gasteiger partial charge in [-0.1, -0.05) is 41.6 Å². The summed E-state index contributed by atoms with van der Waals surface area (Å²) in [5.41, 5.74) is 1.76. The molecule has 1 fully saturated rings. The first-order valence-corrected chi connectivity index (χ1v) is 9.25. The number of carbonyl (C=O) groups excluding carboxylic acids is 1. The highest BCUT2D eigenvalue weighted by Gasteiger charge is 2.33. The molecule has 1 aromatic heterocycles. The summed E-state index contributed by atoms with van der Waals surface area (Å²) in [7, 11) is 1.63. The highest BCUT2D eigenvalue weighted by atomic mass is 19.1. The van der Waals surface area contributed by atoms with Gasteiger partial charge in [0.05, 0.1) is 25.9 Å². The second kappa shape index (κ2) is 7.80. The fraction of sp³-hybridized carbons (Fsp3) is 0.286. The Kier molecular flexibility index (Phi) is 5.06. The SMILES string of the molecule is COc1ccccc1[C@@H]1CCCN1C(=O)c1cn(Cc2ccccc2F)nn1. The van der Waals surface area contributed by atoms with E-state index in [1.165, 1.54) is 10.7 Å². The van der Waals surface area contributed by atoms with E-state index in [0.29, 0.717) is 12.1 Å². The molecule has 1 atom stereocenters. The highest BCUT2D eigenvalue weighted by molar-refractivity contribution is 5.92. The fourth-order valence-corrected chi connectivity index (χ4v) is 3.70. The number of methoxy groups -OCH3 is 1. The molecule has 1 amide bonds. The molecule has 144 valence electrons. The number of halogens is 1. The monoisotopic (exact) mass is 380 g/mol. The number of hydrogen-bond donors (Lipinski definition) is 0. The smallest absolute Gasteiger partial charge is 0.276 e. The van der Waals surface area contributed by atoms with Gasteiger partial charge in [-0.25, -0.2) is 9.07 Å². The molecular formula is C21H21FN4O2. The first-order chi connectivity index (χ1) is 13.7. The van der Waals surface area contributed by atoms with Gasteiger partial charge < -0.3 is 9.64 Å². The van der Waals surface area contributed by atoms with Crippen molar-refractivity contribution in [1.82, 2.24) is 19.9 Å². The van der Waals surface area contributed by atoms with Gasteiger partial charge in [0, 0.05) is 17.7 Å². The second-order valence-corrected chi connectivity index (χ2v) is 6.79. The van der Waals surface area contributed by atoms with E-state index in [1.807, 2.05) is 29.2 Å². The largest absolute Gasteiger partial charge is 0.496 e. The Labute approximate surface area is 162 Å². The Balaban J connectivity index is 1.54. The quantitative estimate of drug-likeness (QED) is 0.680. The van der Waals surface area contributed by atoms with Gasteiger partial charge in [0.15, 0.2) is 5.69 Å². The van der Waals surface area contributed by atoms with Crippen molar-refractivity contribution in [3.63, 3.8) is 0 Å². The molecule has 0 aliphatic carbocycles. The molecule has 4 rings (SSSR count). The lowest BCUT2D eigenvalue weighted by Crippen LogP contribution is -2.31. The van der Waals surface area contributed by atoms with E-state index >= 15 is 0 Å².